The summed E-state index contributed by atoms with van der Waals surface area (Å²) in [5.41, 5.74) is 1.18. The highest BCUT2D eigenvalue weighted by molar-refractivity contribution is 5.18. The van der Waals surface area contributed by atoms with Crippen molar-refractivity contribution in [1.82, 2.24) is 15.1 Å². The molecule has 0 amide bonds. The summed E-state index contributed by atoms with van der Waals surface area (Å²) in [4.78, 5) is 0. The molecule has 0 aliphatic heterocycles. The molecular formula is C14H19N3O2. The second-order valence-corrected chi connectivity index (χ2v) is 4.84. The van der Waals surface area contributed by atoms with Gasteiger partial charge in [0.15, 0.2) is 5.75 Å². The second-order valence-electron chi connectivity index (χ2n) is 4.84. The quantitative estimate of drug-likeness (QED) is 0.831. The summed E-state index contributed by atoms with van der Waals surface area (Å²) in [5.74, 6) is 1.66. The van der Waals surface area contributed by atoms with E-state index in [1.165, 1.54) is 18.4 Å². The highest BCUT2D eigenvalue weighted by Gasteiger charge is 2.21. The fourth-order valence-corrected chi connectivity index (χ4v) is 1.93. The lowest BCUT2D eigenvalue weighted by Crippen LogP contribution is -2.16. The van der Waals surface area contributed by atoms with Crippen LogP contribution in [0, 0.1) is 0 Å². The van der Waals surface area contributed by atoms with Gasteiger partial charge in [-0.1, -0.05) is 0 Å². The van der Waals surface area contributed by atoms with Crippen molar-refractivity contribution >= 4 is 0 Å². The minimum absolute atomic E-state index is 0.448. The van der Waals surface area contributed by atoms with Crippen LogP contribution in [0.5, 0.6) is 5.75 Å². The summed E-state index contributed by atoms with van der Waals surface area (Å²) in [7, 11) is 0. The molecule has 2 aromatic heterocycles. The zero-order valence-electron chi connectivity index (χ0n) is 11.1. The molecule has 19 heavy (non-hydrogen) atoms. The van der Waals surface area contributed by atoms with Gasteiger partial charge in [-0.25, -0.2) is 0 Å². The van der Waals surface area contributed by atoms with Crippen molar-refractivity contribution in [1.29, 1.82) is 0 Å². The van der Waals surface area contributed by atoms with Gasteiger partial charge in [0.2, 0.25) is 0 Å². The van der Waals surface area contributed by atoms with Crippen LogP contribution in [-0.2, 0) is 19.7 Å². The van der Waals surface area contributed by atoms with Crippen molar-refractivity contribution in [3.8, 4) is 5.75 Å². The Morgan fingerprint density at radius 1 is 1.53 bits per heavy atom. The molecule has 1 saturated carbocycles. The van der Waals surface area contributed by atoms with Crippen LogP contribution in [0.2, 0.25) is 0 Å². The summed E-state index contributed by atoms with van der Waals surface area (Å²) in [6.07, 6.45) is 7.93. The SMILES string of the molecule is CCn1cc(OCc2occc2CNC2CC2)cn1. The van der Waals surface area contributed by atoms with E-state index in [1.54, 1.807) is 12.5 Å². The van der Waals surface area contributed by atoms with E-state index < -0.39 is 0 Å². The number of aromatic nitrogens is 2. The summed E-state index contributed by atoms with van der Waals surface area (Å²) in [6.45, 7) is 4.20. The van der Waals surface area contributed by atoms with Crippen molar-refractivity contribution in [2.45, 2.75) is 45.5 Å². The number of aryl methyl sites for hydroxylation is 1. The number of hydrogen-bond donors (Lipinski definition) is 1. The third-order valence-corrected chi connectivity index (χ3v) is 3.30. The van der Waals surface area contributed by atoms with Crippen LogP contribution in [0.1, 0.15) is 31.1 Å². The normalized spacial score (nSPS) is 14.8. The van der Waals surface area contributed by atoms with E-state index in [0.29, 0.717) is 12.6 Å². The van der Waals surface area contributed by atoms with Crippen molar-refractivity contribution < 1.29 is 9.15 Å². The number of furan rings is 1. The predicted octanol–water partition coefficient (Wildman–Crippen LogP) is 2.33. The van der Waals surface area contributed by atoms with E-state index in [1.807, 2.05) is 23.9 Å². The van der Waals surface area contributed by atoms with Crippen LogP contribution in [0.15, 0.2) is 29.1 Å². The van der Waals surface area contributed by atoms with Crippen LogP contribution in [0.25, 0.3) is 0 Å². The second kappa shape index (κ2) is 5.48. The average Bonchev–Trinajstić information content (AvgIpc) is 2.98. The molecule has 102 valence electrons. The maximum Gasteiger partial charge on any atom is 0.157 e. The first kappa shape index (κ1) is 12.3. The molecule has 0 saturated heterocycles. The van der Waals surface area contributed by atoms with Crippen molar-refractivity contribution in [3.05, 3.63) is 36.0 Å². The number of nitrogens with one attached hydrogen (secondary N) is 1. The Bertz CT molecular complexity index is 528. The summed E-state index contributed by atoms with van der Waals surface area (Å²) < 4.78 is 13.0. The third-order valence-electron chi connectivity index (χ3n) is 3.30. The van der Waals surface area contributed by atoms with E-state index in [4.69, 9.17) is 9.15 Å². The van der Waals surface area contributed by atoms with E-state index in [0.717, 1.165) is 24.6 Å². The van der Waals surface area contributed by atoms with Gasteiger partial charge in [0, 0.05) is 24.7 Å². The Morgan fingerprint density at radius 3 is 3.16 bits per heavy atom. The molecule has 3 rings (SSSR count). The van der Waals surface area contributed by atoms with Crippen LogP contribution in [-0.4, -0.2) is 15.8 Å². The zero-order chi connectivity index (χ0) is 13.1. The van der Waals surface area contributed by atoms with Gasteiger partial charge in [0.1, 0.15) is 12.4 Å². The van der Waals surface area contributed by atoms with E-state index in [-0.39, 0.29) is 0 Å². The van der Waals surface area contributed by atoms with Crippen molar-refractivity contribution in [3.63, 3.8) is 0 Å². The highest BCUT2D eigenvalue weighted by atomic mass is 16.5. The van der Waals surface area contributed by atoms with Gasteiger partial charge in [-0.2, -0.15) is 5.10 Å². The molecule has 0 aromatic carbocycles. The van der Waals surface area contributed by atoms with Crippen LogP contribution < -0.4 is 10.1 Å². The summed E-state index contributed by atoms with van der Waals surface area (Å²) in [5, 5.41) is 7.65. The predicted molar refractivity (Wildman–Crippen MR) is 70.8 cm³/mol. The molecule has 5 nitrogen and oxygen atoms in total. The lowest BCUT2D eigenvalue weighted by Gasteiger charge is -2.05. The summed E-state index contributed by atoms with van der Waals surface area (Å²) >= 11 is 0. The number of rotatable bonds is 7. The molecule has 0 spiro atoms. The molecule has 5 heteroatoms. The molecule has 0 unspecified atom stereocenters. The molecule has 2 aromatic rings. The highest BCUT2D eigenvalue weighted by Crippen LogP contribution is 2.21. The van der Waals surface area contributed by atoms with Gasteiger partial charge >= 0.3 is 0 Å². The molecular weight excluding hydrogens is 242 g/mol. The van der Waals surface area contributed by atoms with Crippen LogP contribution >= 0.6 is 0 Å². The maximum atomic E-state index is 5.69. The molecule has 2 heterocycles. The monoisotopic (exact) mass is 261 g/mol. The van der Waals surface area contributed by atoms with E-state index in [2.05, 4.69) is 10.4 Å². The van der Waals surface area contributed by atoms with Crippen molar-refractivity contribution in [2.24, 2.45) is 0 Å². The Hall–Kier alpha value is -1.75. The first-order valence-electron chi connectivity index (χ1n) is 6.79. The molecule has 0 atom stereocenters. The fraction of sp³-hybridized carbons (Fsp3) is 0.500. The fourth-order valence-electron chi connectivity index (χ4n) is 1.93. The molecule has 0 bridgehead atoms. The molecule has 1 aliphatic carbocycles. The molecule has 1 N–H and O–H groups in total. The number of hydrogen-bond acceptors (Lipinski definition) is 4. The standard InChI is InChI=1S/C14H19N3O2/c1-2-17-9-13(8-16-17)19-10-14-11(5-6-18-14)7-15-12-3-4-12/h5-6,8-9,12,15H,2-4,7,10H2,1H3. The van der Waals surface area contributed by atoms with Gasteiger partial charge < -0.3 is 14.5 Å². The minimum atomic E-state index is 0.448. The Balaban J connectivity index is 1.55. The smallest absolute Gasteiger partial charge is 0.157 e. The average molecular weight is 261 g/mol. The van der Waals surface area contributed by atoms with Crippen molar-refractivity contribution in [2.75, 3.05) is 0 Å². The molecule has 1 fully saturated rings. The minimum Gasteiger partial charge on any atom is -0.482 e. The first-order chi connectivity index (χ1) is 9.35. The van der Waals surface area contributed by atoms with E-state index in [9.17, 15) is 0 Å². The lowest BCUT2D eigenvalue weighted by atomic mass is 10.2. The van der Waals surface area contributed by atoms with Gasteiger partial charge in [0.25, 0.3) is 0 Å². The van der Waals surface area contributed by atoms with Gasteiger partial charge in [0.05, 0.1) is 18.7 Å². The van der Waals surface area contributed by atoms with Crippen LogP contribution in [0.3, 0.4) is 0 Å². The number of nitrogens with zero attached hydrogens (tertiary/aromatic N) is 2. The molecule has 0 radical (unpaired) electrons. The van der Waals surface area contributed by atoms with Gasteiger partial charge in [-0.3, -0.25) is 4.68 Å². The lowest BCUT2D eigenvalue weighted by molar-refractivity contribution is 0.267. The Kier molecular flexibility index (Phi) is 3.55. The van der Waals surface area contributed by atoms with Gasteiger partial charge in [-0.15, -0.1) is 0 Å². The summed E-state index contributed by atoms with van der Waals surface area (Å²) in [6, 6.07) is 2.70. The molecule has 1 aliphatic rings. The zero-order valence-corrected chi connectivity index (χ0v) is 11.1. The maximum absolute atomic E-state index is 5.69. The topological polar surface area (TPSA) is 52.2 Å². The number of ether oxygens (including phenoxy) is 1. The Labute approximate surface area is 112 Å². The largest absolute Gasteiger partial charge is 0.482 e. The third kappa shape index (κ3) is 3.17. The Morgan fingerprint density at radius 2 is 2.42 bits per heavy atom. The first-order valence-corrected chi connectivity index (χ1v) is 6.79. The van der Waals surface area contributed by atoms with E-state index >= 15 is 0 Å². The van der Waals surface area contributed by atoms with Gasteiger partial charge in [-0.05, 0) is 25.8 Å². The van der Waals surface area contributed by atoms with Crippen LogP contribution in [0.4, 0.5) is 0 Å².